The van der Waals surface area contributed by atoms with E-state index in [9.17, 15) is 0 Å². The molecule has 84 valence electrons. The lowest BCUT2D eigenvalue weighted by Crippen LogP contribution is -2.19. The molecule has 0 saturated heterocycles. The standard InChI is InChI=1S/C11H12ClN3S/c1-15(6-10-7-16-8-14-10)11-9(5-12)3-2-4-13-11/h2-4,7-8H,5-6H2,1H3. The maximum Gasteiger partial charge on any atom is 0.133 e. The van der Waals surface area contributed by atoms with Crippen LogP contribution >= 0.6 is 22.9 Å². The van der Waals surface area contributed by atoms with E-state index < -0.39 is 0 Å². The third-order valence-corrected chi connectivity index (χ3v) is 3.18. The third-order valence-electron chi connectivity index (χ3n) is 2.26. The Kier molecular flexibility index (Phi) is 3.74. The molecule has 0 N–H and O–H groups in total. The number of thiazole rings is 1. The quantitative estimate of drug-likeness (QED) is 0.785. The normalized spacial score (nSPS) is 10.4. The van der Waals surface area contributed by atoms with E-state index in [1.165, 1.54) is 0 Å². The number of hydrogen-bond acceptors (Lipinski definition) is 4. The molecule has 16 heavy (non-hydrogen) atoms. The highest BCUT2D eigenvalue weighted by atomic mass is 35.5. The number of hydrogen-bond donors (Lipinski definition) is 0. The summed E-state index contributed by atoms with van der Waals surface area (Å²) in [6.07, 6.45) is 1.78. The van der Waals surface area contributed by atoms with Crippen LogP contribution in [0.1, 0.15) is 11.3 Å². The number of rotatable bonds is 4. The fourth-order valence-corrected chi connectivity index (χ4v) is 2.27. The lowest BCUT2D eigenvalue weighted by Gasteiger charge is -2.19. The molecule has 0 bridgehead atoms. The average Bonchev–Trinajstić information content (AvgIpc) is 2.81. The predicted molar refractivity (Wildman–Crippen MR) is 68.0 cm³/mol. The molecular weight excluding hydrogens is 242 g/mol. The molecule has 0 radical (unpaired) electrons. The Morgan fingerprint density at radius 1 is 1.44 bits per heavy atom. The van der Waals surface area contributed by atoms with Crippen LogP contribution in [0, 0.1) is 0 Å². The molecule has 0 aromatic carbocycles. The van der Waals surface area contributed by atoms with Crippen molar-refractivity contribution in [3.8, 4) is 0 Å². The molecule has 2 heterocycles. The summed E-state index contributed by atoms with van der Waals surface area (Å²) in [5.41, 5.74) is 3.94. The second kappa shape index (κ2) is 5.27. The van der Waals surface area contributed by atoms with Crippen molar-refractivity contribution in [2.45, 2.75) is 12.4 Å². The first-order valence-corrected chi connectivity index (χ1v) is 6.37. The van der Waals surface area contributed by atoms with Crippen molar-refractivity contribution in [2.24, 2.45) is 0 Å². The Balaban J connectivity index is 2.17. The minimum atomic E-state index is 0.477. The van der Waals surface area contributed by atoms with Crippen LogP contribution in [0.2, 0.25) is 0 Å². The van der Waals surface area contributed by atoms with E-state index in [1.54, 1.807) is 17.5 Å². The van der Waals surface area contributed by atoms with Crippen LogP contribution in [0.5, 0.6) is 0 Å². The molecule has 3 nitrogen and oxygen atoms in total. The lowest BCUT2D eigenvalue weighted by molar-refractivity contribution is 0.867. The van der Waals surface area contributed by atoms with Gasteiger partial charge < -0.3 is 4.90 Å². The van der Waals surface area contributed by atoms with Gasteiger partial charge in [0.05, 0.1) is 23.6 Å². The van der Waals surface area contributed by atoms with Gasteiger partial charge in [-0.2, -0.15) is 0 Å². The molecular formula is C11H12ClN3S. The summed E-state index contributed by atoms with van der Waals surface area (Å²) in [5, 5.41) is 2.04. The van der Waals surface area contributed by atoms with Crippen molar-refractivity contribution in [1.29, 1.82) is 0 Å². The fourth-order valence-electron chi connectivity index (χ4n) is 1.51. The second-order valence-corrected chi connectivity index (χ2v) is 4.44. The van der Waals surface area contributed by atoms with Gasteiger partial charge in [-0.05, 0) is 6.07 Å². The van der Waals surface area contributed by atoms with Gasteiger partial charge in [0.15, 0.2) is 0 Å². The minimum absolute atomic E-state index is 0.477. The Hall–Kier alpha value is -1.13. The molecule has 0 fully saturated rings. The van der Waals surface area contributed by atoms with Crippen molar-refractivity contribution < 1.29 is 0 Å². The van der Waals surface area contributed by atoms with Gasteiger partial charge in [0.2, 0.25) is 0 Å². The SMILES string of the molecule is CN(Cc1cscn1)c1ncccc1CCl. The van der Waals surface area contributed by atoms with E-state index >= 15 is 0 Å². The molecule has 0 spiro atoms. The molecule has 0 atom stereocenters. The van der Waals surface area contributed by atoms with Crippen molar-refractivity contribution in [3.63, 3.8) is 0 Å². The maximum absolute atomic E-state index is 5.88. The Morgan fingerprint density at radius 3 is 3.00 bits per heavy atom. The number of anilines is 1. The van der Waals surface area contributed by atoms with Crippen molar-refractivity contribution >= 4 is 28.8 Å². The summed E-state index contributed by atoms with van der Waals surface area (Å²) in [6.45, 7) is 0.754. The van der Waals surface area contributed by atoms with Crippen LogP contribution in [0.4, 0.5) is 5.82 Å². The third kappa shape index (κ3) is 2.51. The topological polar surface area (TPSA) is 29.0 Å². The van der Waals surface area contributed by atoms with Crippen molar-refractivity contribution in [2.75, 3.05) is 11.9 Å². The van der Waals surface area contributed by atoms with Crippen LogP contribution in [0.25, 0.3) is 0 Å². The van der Waals surface area contributed by atoms with Crippen LogP contribution in [-0.2, 0) is 12.4 Å². The molecule has 0 unspecified atom stereocenters. The molecule has 5 heteroatoms. The first-order chi connectivity index (χ1) is 7.81. The van der Waals surface area contributed by atoms with Gasteiger partial charge in [0.25, 0.3) is 0 Å². The zero-order valence-corrected chi connectivity index (χ0v) is 10.5. The molecule has 0 aliphatic heterocycles. The number of pyridine rings is 1. The number of alkyl halides is 1. The van der Waals surface area contributed by atoms with Crippen LogP contribution in [0.15, 0.2) is 29.2 Å². The van der Waals surface area contributed by atoms with Gasteiger partial charge in [0.1, 0.15) is 5.82 Å². The smallest absolute Gasteiger partial charge is 0.133 e. The number of aromatic nitrogens is 2. The number of nitrogens with zero attached hydrogens (tertiary/aromatic N) is 3. The molecule has 2 rings (SSSR count). The summed E-state index contributed by atoms with van der Waals surface area (Å²) in [4.78, 5) is 10.7. The molecule has 0 aliphatic rings. The van der Waals surface area contributed by atoms with Crippen molar-refractivity contribution in [3.05, 3.63) is 40.5 Å². The summed E-state index contributed by atoms with van der Waals surface area (Å²) in [7, 11) is 2.00. The van der Waals surface area contributed by atoms with E-state index in [0.717, 1.165) is 23.6 Å². The number of halogens is 1. The van der Waals surface area contributed by atoms with Crippen LogP contribution in [-0.4, -0.2) is 17.0 Å². The highest BCUT2D eigenvalue weighted by Crippen LogP contribution is 2.19. The summed E-state index contributed by atoms with van der Waals surface area (Å²) < 4.78 is 0. The summed E-state index contributed by atoms with van der Waals surface area (Å²) in [6, 6.07) is 3.89. The van der Waals surface area contributed by atoms with E-state index in [0.29, 0.717) is 5.88 Å². The Labute approximate surface area is 104 Å². The van der Waals surface area contributed by atoms with E-state index in [1.807, 2.05) is 30.1 Å². The van der Waals surface area contributed by atoms with E-state index in [-0.39, 0.29) is 0 Å². The molecule has 0 amide bonds. The first-order valence-electron chi connectivity index (χ1n) is 4.89. The molecule has 2 aromatic heterocycles. The monoisotopic (exact) mass is 253 g/mol. The van der Waals surface area contributed by atoms with Crippen molar-refractivity contribution in [1.82, 2.24) is 9.97 Å². The lowest BCUT2D eigenvalue weighted by atomic mass is 10.2. The molecule has 0 saturated carbocycles. The Bertz CT molecular complexity index is 444. The summed E-state index contributed by atoms with van der Waals surface area (Å²) in [5.74, 6) is 1.40. The van der Waals surface area contributed by atoms with Gasteiger partial charge >= 0.3 is 0 Å². The van der Waals surface area contributed by atoms with Gasteiger partial charge in [-0.15, -0.1) is 22.9 Å². The van der Waals surface area contributed by atoms with Gasteiger partial charge in [-0.25, -0.2) is 9.97 Å². The van der Waals surface area contributed by atoms with Gasteiger partial charge in [0, 0.05) is 24.2 Å². The van der Waals surface area contributed by atoms with Gasteiger partial charge in [-0.1, -0.05) is 6.07 Å². The zero-order valence-electron chi connectivity index (χ0n) is 8.93. The first kappa shape index (κ1) is 11.4. The fraction of sp³-hybridized carbons (Fsp3) is 0.273. The maximum atomic E-state index is 5.88. The highest BCUT2D eigenvalue weighted by Gasteiger charge is 2.08. The molecule has 0 aliphatic carbocycles. The predicted octanol–water partition coefficient (Wildman–Crippen LogP) is 2.91. The summed E-state index contributed by atoms with van der Waals surface area (Å²) >= 11 is 7.48. The largest absolute Gasteiger partial charge is 0.353 e. The van der Waals surface area contributed by atoms with E-state index in [4.69, 9.17) is 11.6 Å². The highest BCUT2D eigenvalue weighted by molar-refractivity contribution is 7.07. The second-order valence-electron chi connectivity index (χ2n) is 3.46. The Morgan fingerprint density at radius 2 is 2.31 bits per heavy atom. The minimum Gasteiger partial charge on any atom is -0.353 e. The molecule has 2 aromatic rings. The van der Waals surface area contributed by atoms with Crippen LogP contribution < -0.4 is 4.90 Å². The van der Waals surface area contributed by atoms with Crippen LogP contribution in [0.3, 0.4) is 0 Å². The average molecular weight is 254 g/mol. The van der Waals surface area contributed by atoms with Gasteiger partial charge in [-0.3, -0.25) is 0 Å². The van der Waals surface area contributed by atoms with E-state index in [2.05, 4.69) is 14.9 Å². The zero-order chi connectivity index (χ0) is 11.4.